The van der Waals surface area contributed by atoms with E-state index >= 15 is 0 Å². The van der Waals surface area contributed by atoms with Crippen LogP contribution in [0.3, 0.4) is 0 Å². The maximum absolute atomic E-state index is 4.98. The number of aliphatic imine (C=N–C) groups is 3. The third-order valence-corrected chi connectivity index (χ3v) is 9.81. The van der Waals surface area contributed by atoms with E-state index in [-0.39, 0.29) is 0 Å². The zero-order valence-corrected chi connectivity index (χ0v) is 28.1. The van der Waals surface area contributed by atoms with Gasteiger partial charge in [-0.15, -0.1) is 0 Å². The highest BCUT2D eigenvalue weighted by Crippen LogP contribution is 2.40. The van der Waals surface area contributed by atoms with Gasteiger partial charge in [0.15, 0.2) is 11.7 Å². The second-order valence-corrected chi connectivity index (χ2v) is 12.9. The van der Waals surface area contributed by atoms with E-state index in [2.05, 4.69) is 138 Å². The molecule has 0 saturated heterocycles. The zero-order chi connectivity index (χ0) is 34.1. The summed E-state index contributed by atoms with van der Waals surface area (Å²) in [6.07, 6.45) is 0.844. The summed E-state index contributed by atoms with van der Waals surface area (Å²) in [5, 5.41) is 2.52. The molecule has 0 aliphatic heterocycles. The van der Waals surface area contributed by atoms with Crippen molar-refractivity contribution >= 4 is 40.2 Å². The van der Waals surface area contributed by atoms with Crippen LogP contribution < -0.4 is 0 Å². The first-order valence-corrected chi connectivity index (χ1v) is 17.3. The van der Waals surface area contributed by atoms with Crippen molar-refractivity contribution in [1.29, 1.82) is 0 Å². The zero-order valence-electron chi connectivity index (χ0n) is 28.1. The highest BCUT2D eigenvalue weighted by atomic mass is 15.0. The minimum atomic E-state index is 0.530. The van der Waals surface area contributed by atoms with Crippen molar-refractivity contribution in [1.82, 2.24) is 4.57 Å². The number of benzene rings is 7. The summed E-state index contributed by atoms with van der Waals surface area (Å²) in [6.45, 7) is 4.43. The van der Waals surface area contributed by atoms with Gasteiger partial charge in [-0.05, 0) is 82.4 Å². The second kappa shape index (κ2) is 13.0. The smallest absolute Gasteiger partial charge is 0.161 e. The van der Waals surface area contributed by atoms with Gasteiger partial charge in [0, 0.05) is 27.6 Å². The molecule has 1 aliphatic rings. The number of rotatable bonds is 6. The van der Waals surface area contributed by atoms with Gasteiger partial charge in [0.05, 0.1) is 17.6 Å². The van der Waals surface area contributed by atoms with Crippen LogP contribution in [0, 0.1) is 0 Å². The normalized spacial score (nSPS) is 12.6. The maximum atomic E-state index is 4.98. The van der Waals surface area contributed by atoms with E-state index in [9.17, 15) is 0 Å². The summed E-state index contributed by atoms with van der Waals surface area (Å²) in [7, 11) is 0. The van der Waals surface area contributed by atoms with Gasteiger partial charge in [0.25, 0.3) is 0 Å². The van der Waals surface area contributed by atoms with Crippen LogP contribution in [0.5, 0.6) is 0 Å². The molecule has 0 spiro atoms. The molecule has 0 N–H and O–H groups in total. The monoisotopic (exact) mass is 654 g/mol. The number of nitrogens with zero attached hydrogens (tertiary/aromatic N) is 4. The molecule has 1 aromatic heterocycles. The molecule has 242 valence electrons. The third-order valence-electron chi connectivity index (χ3n) is 9.81. The van der Waals surface area contributed by atoms with E-state index in [4.69, 9.17) is 9.98 Å². The fourth-order valence-electron chi connectivity index (χ4n) is 7.35. The van der Waals surface area contributed by atoms with Crippen LogP contribution in [0.15, 0.2) is 185 Å². The average Bonchev–Trinajstić information content (AvgIpc) is 3.73. The highest BCUT2D eigenvalue weighted by molar-refractivity contribution is 6.13. The maximum Gasteiger partial charge on any atom is 0.161 e. The average molecular weight is 655 g/mol. The Balaban J connectivity index is 1.05. The molecule has 7 aromatic carbocycles. The summed E-state index contributed by atoms with van der Waals surface area (Å²) in [5.41, 5.74) is 14.1. The van der Waals surface area contributed by atoms with Gasteiger partial charge in [0.1, 0.15) is 0 Å². The second-order valence-electron chi connectivity index (χ2n) is 12.9. The lowest BCUT2D eigenvalue weighted by atomic mass is 9.98. The SMILES string of the molecule is C=N/C(=N\C(=N/Cc1ccccc1)c1ccccc1)c1ccc2c(c1)Cc1cc(-c3ccc4c5ccccc5n(-c5ccccc5)c4c3)ccc1-2. The van der Waals surface area contributed by atoms with Gasteiger partial charge in [-0.1, -0.05) is 140 Å². The number of amidine groups is 2. The number of fused-ring (bicyclic) bond motifs is 6. The van der Waals surface area contributed by atoms with Crippen molar-refractivity contribution in [2.45, 2.75) is 13.0 Å². The van der Waals surface area contributed by atoms with E-state index in [1.807, 2.05) is 48.5 Å². The van der Waals surface area contributed by atoms with Crippen molar-refractivity contribution in [2.24, 2.45) is 15.0 Å². The molecule has 4 nitrogen and oxygen atoms in total. The highest BCUT2D eigenvalue weighted by Gasteiger charge is 2.21. The summed E-state index contributed by atoms with van der Waals surface area (Å²) < 4.78 is 2.38. The van der Waals surface area contributed by atoms with E-state index in [0.29, 0.717) is 18.2 Å². The number of hydrogen-bond donors (Lipinski definition) is 0. The fourth-order valence-corrected chi connectivity index (χ4v) is 7.35. The van der Waals surface area contributed by atoms with Crippen LogP contribution in [-0.2, 0) is 13.0 Å². The molecule has 0 radical (unpaired) electrons. The summed E-state index contributed by atoms with van der Waals surface area (Å²) in [6, 6.07) is 59.9. The number of para-hydroxylation sites is 2. The lowest BCUT2D eigenvalue weighted by Crippen LogP contribution is -2.06. The minimum absolute atomic E-state index is 0.530. The largest absolute Gasteiger partial charge is 0.309 e. The molecule has 8 aromatic rings. The molecule has 4 heteroatoms. The molecule has 9 rings (SSSR count). The van der Waals surface area contributed by atoms with Gasteiger partial charge in [-0.3, -0.25) is 4.99 Å². The molecule has 0 bridgehead atoms. The van der Waals surface area contributed by atoms with Gasteiger partial charge in [0.2, 0.25) is 0 Å². The molecule has 51 heavy (non-hydrogen) atoms. The first kappa shape index (κ1) is 30.4. The quantitative estimate of drug-likeness (QED) is 0.126. The fraction of sp³-hybridized carbons (Fsp3) is 0.0426. The lowest BCUT2D eigenvalue weighted by Gasteiger charge is -2.10. The van der Waals surface area contributed by atoms with Crippen molar-refractivity contribution in [2.75, 3.05) is 0 Å². The third kappa shape index (κ3) is 5.67. The number of hydrogen-bond acceptors (Lipinski definition) is 1. The Morgan fingerprint density at radius 1 is 0.529 bits per heavy atom. The molecule has 0 unspecified atom stereocenters. The van der Waals surface area contributed by atoms with E-state index < -0.39 is 0 Å². The molecule has 1 aliphatic carbocycles. The Hall–Kier alpha value is -6.65. The van der Waals surface area contributed by atoms with Crippen LogP contribution in [-0.4, -0.2) is 23.0 Å². The molecule has 0 saturated carbocycles. The van der Waals surface area contributed by atoms with Crippen LogP contribution >= 0.6 is 0 Å². The van der Waals surface area contributed by atoms with Crippen molar-refractivity contribution in [3.63, 3.8) is 0 Å². The molecular weight excluding hydrogens is 621 g/mol. The van der Waals surface area contributed by atoms with Crippen molar-refractivity contribution in [3.8, 4) is 27.9 Å². The van der Waals surface area contributed by atoms with Crippen molar-refractivity contribution in [3.05, 3.63) is 198 Å². The topological polar surface area (TPSA) is 42.0 Å². The van der Waals surface area contributed by atoms with E-state index in [0.717, 1.165) is 28.8 Å². The Labute approximate surface area is 297 Å². The van der Waals surface area contributed by atoms with E-state index in [1.54, 1.807) is 0 Å². The minimum Gasteiger partial charge on any atom is -0.309 e. The first-order chi connectivity index (χ1) is 25.2. The molecule has 0 atom stereocenters. The lowest BCUT2D eigenvalue weighted by molar-refractivity contribution is 1.06. The van der Waals surface area contributed by atoms with Crippen LogP contribution in [0.1, 0.15) is 27.8 Å². The Kier molecular flexibility index (Phi) is 7.75. The van der Waals surface area contributed by atoms with Crippen molar-refractivity contribution < 1.29 is 0 Å². The summed E-state index contributed by atoms with van der Waals surface area (Å²) in [5.74, 6) is 1.20. The number of aromatic nitrogens is 1. The predicted octanol–water partition coefficient (Wildman–Crippen LogP) is 11.1. The van der Waals surface area contributed by atoms with Crippen LogP contribution in [0.2, 0.25) is 0 Å². The Morgan fingerprint density at radius 3 is 1.94 bits per heavy atom. The van der Waals surface area contributed by atoms with Gasteiger partial charge in [-0.2, -0.15) is 0 Å². The standard InChI is InChI=1S/C47H34N4/c1-48-46(50-47(33-15-7-3-8-16-33)49-31-32-13-5-2-6-14-32)36-23-25-41-38(28-36)29-37-27-34(21-24-40(37)41)35-22-26-43-42-19-11-12-20-44(42)51(45(43)30-35)39-17-9-4-10-18-39/h2-28,30H,1,29,31H2/b49-47-,50-46-. The van der Waals surface area contributed by atoms with Gasteiger partial charge >= 0.3 is 0 Å². The Bertz CT molecular complexity index is 2630. The molecule has 1 heterocycles. The molecule has 0 fully saturated rings. The van der Waals surface area contributed by atoms with Crippen LogP contribution in [0.25, 0.3) is 49.7 Å². The first-order valence-electron chi connectivity index (χ1n) is 17.3. The van der Waals surface area contributed by atoms with Gasteiger partial charge in [-0.25, -0.2) is 9.98 Å². The predicted molar refractivity (Wildman–Crippen MR) is 214 cm³/mol. The van der Waals surface area contributed by atoms with Gasteiger partial charge < -0.3 is 4.57 Å². The molecule has 0 amide bonds. The molecular formula is C47H34N4. The Morgan fingerprint density at radius 2 is 1.16 bits per heavy atom. The summed E-state index contributed by atoms with van der Waals surface area (Å²) in [4.78, 5) is 14.3. The van der Waals surface area contributed by atoms with E-state index in [1.165, 1.54) is 55.2 Å². The summed E-state index contributed by atoms with van der Waals surface area (Å²) >= 11 is 0. The van der Waals surface area contributed by atoms with Crippen LogP contribution in [0.4, 0.5) is 0 Å².